The molecule has 2 fully saturated rings. The smallest absolute Gasteiger partial charge is 0.256 e. The van der Waals surface area contributed by atoms with Crippen molar-refractivity contribution in [2.24, 2.45) is 0 Å². The van der Waals surface area contributed by atoms with Crippen molar-refractivity contribution in [1.29, 1.82) is 0 Å². The molecule has 6 rings (SSSR count). The molecule has 1 atom stereocenters. The maximum Gasteiger partial charge on any atom is 0.256 e. The van der Waals surface area contributed by atoms with Gasteiger partial charge in [-0.2, -0.15) is 0 Å². The maximum absolute atomic E-state index is 13.0. The number of nitrogens with zero attached hydrogens (tertiary/aromatic N) is 3. The minimum absolute atomic E-state index is 0.0652. The van der Waals surface area contributed by atoms with Crippen molar-refractivity contribution in [2.75, 3.05) is 18.1 Å². The number of anilines is 1. The van der Waals surface area contributed by atoms with E-state index in [9.17, 15) is 22.8 Å². The Morgan fingerprint density at radius 2 is 1.67 bits per heavy atom. The zero-order chi connectivity index (χ0) is 29.6. The Labute approximate surface area is 247 Å². The summed E-state index contributed by atoms with van der Waals surface area (Å²) in [6, 6.07) is 16.5. The highest BCUT2D eigenvalue weighted by Crippen LogP contribution is 2.31. The highest BCUT2D eigenvalue weighted by Gasteiger charge is 2.39. The highest BCUT2D eigenvalue weighted by atomic mass is 32.2. The van der Waals surface area contributed by atoms with Crippen LogP contribution in [0.15, 0.2) is 66.2 Å². The normalized spacial score (nSPS) is 16.5. The summed E-state index contributed by atoms with van der Waals surface area (Å²) in [5.74, 6) is -0.799. The predicted molar refractivity (Wildman–Crippen MR) is 161 cm³/mol. The average molecular weight is 604 g/mol. The first-order chi connectivity index (χ1) is 20.1. The number of carbonyl (C=O) groups excluding carboxylic acids is 3. The molecule has 0 spiro atoms. The third-order valence-corrected chi connectivity index (χ3v) is 9.28. The molecule has 1 saturated carbocycles. The molecule has 0 radical (unpaired) electrons. The number of thiazole rings is 1. The van der Waals surface area contributed by atoms with E-state index in [2.05, 4.69) is 15.6 Å². The van der Waals surface area contributed by atoms with E-state index in [1.807, 2.05) is 53.9 Å². The number of rotatable bonds is 8. The molecule has 0 bridgehead atoms. The second-order valence-electron chi connectivity index (χ2n) is 10.7. The Morgan fingerprint density at radius 3 is 2.33 bits per heavy atom. The predicted octanol–water partition coefficient (Wildman–Crippen LogP) is 4.14. The topological polar surface area (TPSA) is 130 Å². The number of carbonyl (C=O) groups is 3. The lowest BCUT2D eigenvalue weighted by atomic mass is 10.00. The van der Waals surface area contributed by atoms with E-state index in [4.69, 9.17) is 0 Å². The van der Waals surface area contributed by atoms with Crippen LogP contribution in [0.5, 0.6) is 0 Å². The van der Waals surface area contributed by atoms with Crippen LogP contribution < -0.4 is 10.6 Å². The SMILES string of the molecule is Cc1cc(C(=O)N2CC[C@H]2C(=O)Nc2nc(-c3cccc(-c4cccc(C(=O)NC5CC5)c4)c3)cs2)cn1S(C)(=O)=O. The van der Waals surface area contributed by atoms with Gasteiger partial charge in [0.05, 0.1) is 17.5 Å². The van der Waals surface area contributed by atoms with E-state index < -0.39 is 22.0 Å². The lowest BCUT2D eigenvalue weighted by molar-refractivity contribution is -0.123. The van der Waals surface area contributed by atoms with E-state index in [0.717, 1.165) is 39.8 Å². The molecule has 2 N–H and O–H groups in total. The van der Waals surface area contributed by atoms with Crippen LogP contribution >= 0.6 is 11.3 Å². The van der Waals surface area contributed by atoms with Crippen molar-refractivity contribution >= 4 is 44.2 Å². The number of hydrogen-bond acceptors (Lipinski definition) is 7. The van der Waals surface area contributed by atoms with Crippen molar-refractivity contribution in [1.82, 2.24) is 19.2 Å². The van der Waals surface area contributed by atoms with E-state index in [1.165, 1.54) is 28.5 Å². The molecule has 3 heterocycles. The summed E-state index contributed by atoms with van der Waals surface area (Å²) in [5, 5.41) is 8.12. The van der Waals surface area contributed by atoms with Crippen molar-refractivity contribution in [3.8, 4) is 22.4 Å². The van der Waals surface area contributed by atoms with Gasteiger partial charge in [-0.3, -0.25) is 14.4 Å². The van der Waals surface area contributed by atoms with Gasteiger partial charge in [0.25, 0.3) is 11.8 Å². The Hall–Kier alpha value is -4.29. The van der Waals surface area contributed by atoms with Crippen molar-refractivity contribution in [3.63, 3.8) is 0 Å². The van der Waals surface area contributed by atoms with Gasteiger partial charge in [0.15, 0.2) is 5.13 Å². The maximum atomic E-state index is 13.0. The van der Waals surface area contributed by atoms with Gasteiger partial charge in [-0.15, -0.1) is 11.3 Å². The molecule has 2 aliphatic rings. The first-order valence-corrected chi connectivity index (χ1v) is 16.3. The fourth-order valence-corrected chi connectivity index (χ4v) is 6.55. The lowest BCUT2D eigenvalue weighted by Gasteiger charge is -2.39. The fraction of sp³-hybridized carbons (Fsp3) is 0.267. The average Bonchev–Trinajstić information content (AvgIpc) is 3.46. The molecule has 42 heavy (non-hydrogen) atoms. The molecule has 216 valence electrons. The summed E-state index contributed by atoms with van der Waals surface area (Å²) in [6.45, 7) is 2.01. The molecule has 1 aliphatic heterocycles. The number of aryl methyl sites for hydroxylation is 1. The lowest BCUT2D eigenvalue weighted by Crippen LogP contribution is -2.56. The number of nitrogens with one attached hydrogen (secondary N) is 2. The summed E-state index contributed by atoms with van der Waals surface area (Å²) >= 11 is 1.29. The zero-order valence-electron chi connectivity index (χ0n) is 23.0. The molecule has 3 amide bonds. The molecule has 1 aliphatic carbocycles. The number of amides is 3. The summed E-state index contributed by atoms with van der Waals surface area (Å²) in [7, 11) is -3.53. The van der Waals surface area contributed by atoms with Crippen LogP contribution in [0.4, 0.5) is 5.13 Å². The molecule has 2 aromatic carbocycles. The Morgan fingerprint density at radius 1 is 0.952 bits per heavy atom. The molecular weight excluding hydrogens is 574 g/mol. The number of benzene rings is 2. The second kappa shape index (κ2) is 10.8. The fourth-order valence-electron chi connectivity index (χ4n) is 4.94. The van der Waals surface area contributed by atoms with Crippen LogP contribution in [0.1, 0.15) is 45.7 Å². The van der Waals surface area contributed by atoms with Gasteiger partial charge in [0, 0.05) is 41.0 Å². The highest BCUT2D eigenvalue weighted by molar-refractivity contribution is 7.89. The zero-order valence-corrected chi connectivity index (χ0v) is 24.7. The monoisotopic (exact) mass is 603 g/mol. The third kappa shape index (κ3) is 5.72. The first kappa shape index (κ1) is 27.9. The third-order valence-electron chi connectivity index (χ3n) is 7.42. The summed E-state index contributed by atoms with van der Waals surface area (Å²) in [6.07, 6.45) is 4.92. The molecule has 0 unspecified atom stereocenters. The van der Waals surface area contributed by atoms with Crippen molar-refractivity contribution < 1.29 is 22.8 Å². The van der Waals surface area contributed by atoms with Crippen LogP contribution in [0, 0.1) is 6.92 Å². The van der Waals surface area contributed by atoms with Crippen LogP contribution in [-0.4, -0.2) is 64.9 Å². The minimum Gasteiger partial charge on any atom is -0.349 e. The van der Waals surface area contributed by atoms with Gasteiger partial charge in [-0.05, 0) is 61.6 Å². The minimum atomic E-state index is -3.53. The summed E-state index contributed by atoms with van der Waals surface area (Å²) in [4.78, 5) is 44.6. The molecule has 2 aromatic heterocycles. The van der Waals surface area contributed by atoms with Gasteiger partial charge in [0.1, 0.15) is 6.04 Å². The van der Waals surface area contributed by atoms with Gasteiger partial charge in [0.2, 0.25) is 15.9 Å². The van der Waals surface area contributed by atoms with E-state index in [1.54, 1.807) is 6.92 Å². The van der Waals surface area contributed by atoms with Gasteiger partial charge in [-0.1, -0.05) is 30.3 Å². The summed E-state index contributed by atoms with van der Waals surface area (Å²) < 4.78 is 24.9. The van der Waals surface area contributed by atoms with E-state index in [-0.39, 0.29) is 23.4 Å². The molecule has 12 heteroatoms. The summed E-state index contributed by atoms with van der Waals surface area (Å²) in [5.41, 5.74) is 4.68. The second-order valence-corrected chi connectivity index (χ2v) is 13.4. The van der Waals surface area contributed by atoms with E-state index >= 15 is 0 Å². The van der Waals surface area contributed by atoms with Crippen molar-refractivity contribution in [3.05, 3.63) is 83.0 Å². The largest absolute Gasteiger partial charge is 0.349 e. The van der Waals surface area contributed by atoms with Gasteiger partial charge >= 0.3 is 0 Å². The quantitative estimate of drug-likeness (QED) is 0.311. The first-order valence-electron chi connectivity index (χ1n) is 13.6. The standard InChI is InChI=1S/C30H29N5O5S2/c1-18-13-23(16-35(18)42(2,39)40)29(38)34-12-11-26(34)28(37)33-30-32-25(17-41-30)21-7-3-5-19(14-21)20-6-4-8-22(15-20)27(36)31-24-9-10-24/h3-8,13-17,24,26H,9-12H2,1-2H3,(H,31,36)(H,32,33,37)/t26-/m0/s1. The Balaban J connectivity index is 1.13. The Bertz CT molecular complexity index is 1820. The molecule has 10 nitrogen and oxygen atoms in total. The number of aromatic nitrogens is 2. The van der Waals surface area contributed by atoms with E-state index in [0.29, 0.717) is 35.0 Å². The molecular formula is C30H29N5O5S2. The Kier molecular flexibility index (Phi) is 7.19. The van der Waals surface area contributed by atoms with Crippen LogP contribution in [0.3, 0.4) is 0 Å². The van der Waals surface area contributed by atoms with Gasteiger partial charge < -0.3 is 15.5 Å². The van der Waals surface area contributed by atoms with Crippen LogP contribution in [0.25, 0.3) is 22.4 Å². The van der Waals surface area contributed by atoms with Gasteiger partial charge in [-0.25, -0.2) is 17.4 Å². The molecule has 4 aromatic rings. The number of likely N-dealkylation sites (tertiary alicyclic amines) is 1. The van der Waals surface area contributed by atoms with Crippen molar-refractivity contribution in [2.45, 2.75) is 38.3 Å². The van der Waals surface area contributed by atoms with Crippen LogP contribution in [0.2, 0.25) is 0 Å². The molecule has 1 saturated heterocycles. The number of hydrogen-bond donors (Lipinski definition) is 2. The van der Waals surface area contributed by atoms with Crippen LogP contribution in [-0.2, 0) is 14.8 Å².